The van der Waals surface area contributed by atoms with Crippen LogP contribution in [0.5, 0.6) is 0 Å². The van der Waals surface area contributed by atoms with E-state index in [1.54, 1.807) is 4.68 Å². The summed E-state index contributed by atoms with van der Waals surface area (Å²) >= 11 is 0. The summed E-state index contributed by atoms with van der Waals surface area (Å²) in [6.07, 6.45) is 2.51. The zero-order valence-corrected chi connectivity index (χ0v) is 6.33. The van der Waals surface area contributed by atoms with Gasteiger partial charge in [0.1, 0.15) is 0 Å². The predicted octanol–water partition coefficient (Wildman–Crippen LogP) is 0.263. The van der Waals surface area contributed by atoms with Crippen molar-refractivity contribution in [3.63, 3.8) is 0 Å². The second kappa shape index (κ2) is 2.84. The molecule has 0 radical (unpaired) electrons. The van der Waals surface area contributed by atoms with Crippen molar-refractivity contribution in [3.05, 3.63) is 17.5 Å². The predicted molar refractivity (Wildman–Crippen MR) is 38.7 cm³/mol. The Kier molecular flexibility index (Phi) is 2.06. The summed E-state index contributed by atoms with van der Waals surface area (Å²) in [6, 6.07) is 0. The SMILES string of the molecule is Cc1cnn(C)c1CCO. The van der Waals surface area contributed by atoms with Gasteiger partial charge >= 0.3 is 0 Å². The van der Waals surface area contributed by atoms with Crippen LogP contribution in [0.25, 0.3) is 0 Å². The van der Waals surface area contributed by atoms with Crippen LogP contribution in [-0.4, -0.2) is 21.5 Å². The molecule has 0 saturated heterocycles. The van der Waals surface area contributed by atoms with Gasteiger partial charge in [0.25, 0.3) is 0 Å². The van der Waals surface area contributed by atoms with E-state index >= 15 is 0 Å². The van der Waals surface area contributed by atoms with Crippen LogP contribution < -0.4 is 0 Å². The first-order chi connectivity index (χ1) is 4.75. The lowest BCUT2D eigenvalue weighted by molar-refractivity contribution is 0.296. The van der Waals surface area contributed by atoms with Gasteiger partial charge in [0.2, 0.25) is 0 Å². The number of aliphatic hydroxyl groups is 1. The molecule has 0 spiro atoms. The molecule has 56 valence electrons. The lowest BCUT2D eigenvalue weighted by atomic mass is 10.2. The van der Waals surface area contributed by atoms with Gasteiger partial charge in [-0.2, -0.15) is 5.10 Å². The minimum atomic E-state index is 0.195. The van der Waals surface area contributed by atoms with E-state index in [2.05, 4.69) is 5.10 Å². The minimum Gasteiger partial charge on any atom is -0.396 e. The van der Waals surface area contributed by atoms with Crippen molar-refractivity contribution >= 4 is 0 Å². The van der Waals surface area contributed by atoms with E-state index in [-0.39, 0.29) is 6.61 Å². The zero-order chi connectivity index (χ0) is 7.56. The van der Waals surface area contributed by atoms with E-state index in [1.165, 1.54) is 0 Å². The Morgan fingerprint density at radius 3 is 2.80 bits per heavy atom. The van der Waals surface area contributed by atoms with E-state index in [9.17, 15) is 0 Å². The highest BCUT2D eigenvalue weighted by molar-refractivity contribution is 5.15. The molecule has 1 N–H and O–H groups in total. The Morgan fingerprint density at radius 2 is 2.40 bits per heavy atom. The number of aliphatic hydroxyl groups excluding tert-OH is 1. The van der Waals surface area contributed by atoms with Crippen molar-refractivity contribution < 1.29 is 5.11 Å². The first kappa shape index (κ1) is 7.28. The highest BCUT2D eigenvalue weighted by Gasteiger charge is 2.01. The van der Waals surface area contributed by atoms with Crippen molar-refractivity contribution in [1.82, 2.24) is 9.78 Å². The quantitative estimate of drug-likeness (QED) is 0.640. The lowest BCUT2D eigenvalue weighted by Gasteiger charge is -1.98. The van der Waals surface area contributed by atoms with Gasteiger partial charge in [-0.1, -0.05) is 0 Å². The fourth-order valence-corrected chi connectivity index (χ4v) is 1.04. The van der Waals surface area contributed by atoms with Crippen LogP contribution in [-0.2, 0) is 13.5 Å². The Labute approximate surface area is 60.3 Å². The Bertz CT molecular complexity index is 198. The molecule has 0 amide bonds. The first-order valence-electron chi connectivity index (χ1n) is 3.34. The molecule has 0 aliphatic rings. The maximum atomic E-state index is 8.65. The molecule has 3 nitrogen and oxygen atoms in total. The monoisotopic (exact) mass is 140 g/mol. The van der Waals surface area contributed by atoms with E-state index in [0.717, 1.165) is 11.3 Å². The number of rotatable bonds is 2. The van der Waals surface area contributed by atoms with Gasteiger partial charge in [-0.3, -0.25) is 4.68 Å². The molecule has 0 bridgehead atoms. The highest BCUT2D eigenvalue weighted by atomic mass is 16.3. The van der Waals surface area contributed by atoms with Gasteiger partial charge in [-0.15, -0.1) is 0 Å². The molecule has 0 aliphatic carbocycles. The van der Waals surface area contributed by atoms with Crippen LogP contribution in [0.3, 0.4) is 0 Å². The smallest absolute Gasteiger partial charge is 0.0521 e. The number of hydrogen-bond acceptors (Lipinski definition) is 2. The second-order valence-corrected chi connectivity index (χ2v) is 2.37. The molecule has 0 aliphatic heterocycles. The summed E-state index contributed by atoms with van der Waals surface area (Å²) in [4.78, 5) is 0. The van der Waals surface area contributed by atoms with Crippen LogP contribution in [0.1, 0.15) is 11.3 Å². The molecule has 0 fully saturated rings. The van der Waals surface area contributed by atoms with Crippen molar-refractivity contribution in [1.29, 1.82) is 0 Å². The summed E-state index contributed by atoms with van der Waals surface area (Å²) in [7, 11) is 1.89. The largest absolute Gasteiger partial charge is 0.396 e. The Morgan fingerprint density at radius 1 is 1.70 bits per heavy atom. The molecule has 1 aromatic heterocycles. The fraction of sp³-hybridized carbons (Fsp3) is 0.571. The fourth-order valence-electron chi connectivity index (χ4n) is 1.04. The summed E-state index contributed by atoms with van der Waals surface area (Å²) in [5.74, 6) is 0. The summed E-state index contributed by atoms with van der Waals surface area (Å²) in [5.41, 5.74) is 2.26. The van der Waals surface area contributed by atoms with Gasteiger partial charge in [0.15, 0.2) is 0 Å². The van der Waals surface area contributed by atoms with Crippen molar-refractivity contribution in [2.45, 2.75) is 13.3 Å². The summed E-state index contributed by atoms with van der Waals surface area (Å²) < 4.78 is 1.80. The van der Waals surface area contributed by atoms with E-state index in [1.807, 2.05) is 20.2 Å². The molecule has 1 heterocycles. The van der Waals surface area contributed by atoms with Gasteiger partial charge in [0, 0.05) is 25.8 Å². The molecule has 1 aromatic rings. The normalized spacial score (nSPS) is 10.3. The van der Waals surface area contributed by atoms with Crippen molar-refractivity contribution in [3.8, 4) is 0 Å². The molecular formula is C7H12N2O. The van der Waals surface area contributed by atoms with Crippen LogP contribution in [0.4, 0.5) is 0 Å². The third-order valence-electron chi connectivity index (χ3n) is 1.62. The third kappa shape index (κ3) is 1.19. The third-order valence-corrected chi connectivity index (χ3v) is 1.62. The van der Waals surface area contributed by atoms with Gasteiger partial charge in [-0.05, 0) is 12.5 Å². The van der Waals surface area contributed by atoms with Gasteiger partial charge < -0.3 is 5.11 Å². The average molecular weight is 140 g/mol. The number of hydrogen-bond donors (Lipinski definition) is 1. The van der Waals surface area contributed by atoms with Crippen LogP contribution in [0.15, 0.2) is 6.20 Å². The van der Waals surface area contributed by atoms with Crippen molar-refractivity contribution in [2.24, 2.45) is 7.05 Å². The number of aromatic nitrogens is 2. The highest BCUT2D eigenvalue weighted by Crippen LogP contribution is 2.04. The maximum absolute atomic E-state index is 8.65. The summed E-state index contributed by atoms with van der Waals surface area (Å²) in [5, 5.41) is 12.7. The minimum absolute atomic E-state index is 0.195. The van der Waals surface area contributed by atoms with E-state index < -0.39 is 0 Å². The van der Waals surface area contributed by atoms with Crippen LogP contribution in [0.2, 0.25) is 0 Å². The molecule has 10 heavy (non-hydrogen) atoms. The average Bonchev–Trinajstić information content (AvgIpc) is 2.20. The van der Waals surface area contributed by atoms with E-state index in [4.69, 9.17) is 5.11 Å². The molecule has 0 aromatic carbocycles. The Balaban J connectivity index is 2.87. The molecular weight excluding hydrogens is 128 g/mol. The van der Waals surface area contributed by atoms with E-state index in [0.29, 0.717) is 6.42 Å². The van der Waals surface area contributed by atoms with Crippen molar-refractivity contribution in [2.75, 3.05) is 6.61 Å². The molecule has 0 unspecified atom stereocenters. The standard InChI is InChI=1S/C7H12N2O/c1-6-5-8-9(2)7(6)3-4-10/h5,10H,3-4H2,1-2H3. The van der Waals surface area contributed by atoms with Gasteiger partial charge in [-0.25, -0.2) is 0 Å². The molecule has 0 saturated carbocycles. The summed E-state index contributed by atoms with van der Waals surface area (Å²) in [6.45, 7) is 2.19. The molecule has 3 heteroatoms. The molecule has 0 atom stereocenters. The first-order valence-corrected chi connectivity index (χ1v) is 3.34. The zero-order valence-electron chi connectivity index (χ0n) is 6.33. The van der Waals surface area contributed by atoms with Crippen LogP contribution >= 0.6 is 0 Å². The maximum Gasteiger partial charge on any atom is 0.0521 e. The second-order valence-electron chi connectivity index (χ2n) is 2.37. The number of nitrogens with zero attached hydrogens (tertiary/aromatic N) is 2. The van der Waals surface area contributed by atoms with Gasteiger partial charge in [0.05, 0.1) is 6.20 Å². The Hall–Kier alpha value is -0.830. The lowest BCUT2D eigenvalue weighted by Crippen LogP contribution is -2.01. The molecule has 1 rings (SSSR count). The number of aryl methyl sites for hydroxylation is 2. The topological polar surface area (TPSA) is 38.0 Å². The van der Waals surface area contributed by atoms with Crippen LogP contribution in [0, 0.1) is 6.92 Å².